The van der Waals surface area contributed by atoms with E-state index in [1.54, 1.807) is 28.2 Å². The van der Waals surface area contributed by atoms with Crippen LogP contribution in [0.5, 0.6) is 0 Å². The van der Waals surface area contributed by atoms with Crippen molar-refractivity contribution in [1.29, 1.82) is 5.26 Å². The highest BCUT2D eigenvalue weighted by Gasteiger charge is 2.24. The lowest BCUT2D eigenvalue weighted by atomic mass is 10.1. The number of nitrogens with zero attached hydrogens (tertiary/aromatic N) is 4. The highest BCUT2D eigenvalue weighted by atomic mass is 32.2. The van der Waals surface area contributed by atoms with Gasteiger partial charge < -0.3 is 14.3 Å². The van der Waals surface area contributed by atoms with Crippen LogP contribution in [0.1, 0.15) is 42.2 Å². The molecule has 0 aliphatic heterocycles. The second-order valence-corrected chi connectivity index (χ2v) is 9.39. The number of rotatable bonds is 5. The Morgan fingerprint density at radius 2 is 2.21 bits per heavy atom. The average molecular weight is 428 g/mol. The van der Waals surface area contributed by atoms with Crippen LogP contribution in [0.2, 0.25) is 0 Å². The SMILES string of the molecule is C[C@@H](Sc1nnc(-c2ccco2)n1C)C(=O)Nc1sc2c(c1C#N)CCCCC2. The largest absolute Gasteiger partial charge is 0.461 e. The number of nitriles is 1. The molecule has 3 aromatic heterocycles. The van der Waals surface area contributed by atoms with Crippen LogP contribution in [0.25, 0.3) is 11.6 Å². The van der Waals surface area contributed by atoms with Gasteiger partial charge in [0.2, 0.25) is 5.91 Å². The lowest BCUT2D eigenvalue weighted by Gasteiger charge is -2.11. The lowest BCUT2D eigenvalue weighted by molar-refractivity contribution is -0.115. The summed E-state index contributed by atoms with van der Waals surface area (Å²) < 4.78 is 7.19. The molecule has 0 fully saturated rings. The van der Waals surface area contributed by atoms with Crippen molar-refractivity contribution in [3.05, 3.63) is 34.4 Å². The number of furan rings is 1. The molecule has 9 heteroatoms. The molecule has 3 heterocycles. The predicted octanol–water partition coefficient (Wildman–Crippen LogP) is 4.40. The van der Waals surface area contributed by atoms with E-state index in [1.165, 1.54) is 23.1 Å². The van der Waals surface area contributed by atoms with Crippen LogP contribution >= 0.6 is 23.1 Å². The van der Waals surface area contributed by atoms with E-state index >= 15 is 0 Å². The molecule has 7 nitrogen and oxygen atoms in total. The minimum Gasteiger partial charge on any atom is -0.461 e. The van der Waals surface area contributed by atoms with Gasteiger partial charge in [0.25, 0.3) is 0 Å². The number of fused-ring (bicyclic) bond motifs is 1. The minimum absolute atomic E-state index is 0.148. The van der Waals surface area contributed by atoms with E-state index < -0.39 is 5.25 Å². The number of aromatic nitrogens is 3. The zero-order chi connectivity index (χ0) is 20.4. The standard InChI is InChI=1S/C20H21N5O2S2/c1-12(28-20-24-23-17(25(20)2)15-8-6-10-27-15)18(26)22-19-14(11-21)13-7-4-3-5-9-16(13)29-19/h6,8,10,12H,3-5,7,9H2,1-2H3,(H,22,26)/t12-/m1/s1. The molecule has 0 unspecified atom stereocenters. The predicted molar refractivity (Wildman–Crippen MR) is 113 cm³/mol. The quantitative estimate of drug-likeness (QED) is 0.479. The normalized spacial score (nSPS) is 14.7. The van der Waals surface area contributed by atoms with Gasteiger partial charge in [0.1, 0.15) is 11.1 Å². The van der Waals surface area contributed by atoms with Crippen molar-refractivity contribution in [2.45, 2.75) is 49.4 Å². The number of hydrogen-bond acceptors (Lipinski definition) is 7. The maximum atomic E-state index is 12.8. The summed E-state index contributed by atoms with van der Waals surface area (Å²) in [5.41, 5.74) is 1.76. The van der Waals surface area contributed by atoms with Crippen molar-refractivity contribution in [3.8, 4) is 17.7 Å². The van der Waals surface area contributed by atoms with Crippen LogP contribution in [0.4, 0.5) is 5.00 Å². The van der Waals surface area contributed by atoms with E-state index in [-0.39, 0.29) is 5.91 Å². The fraction of sp³-hybridized carbons (Fsp3) is 0.400. The highest BCUT2D eigenvalue weighted by Crippen LogP contribution is 2.37. The molecule has 29 heavy (non-hydrogen) atoms. The number of carbonyl (C=O) groups excluding carboxylic acids is 1. The Bertz CT molecular complexity index is 1060. The number of aryl methyl sites for hydroxylation is 1. The van der Waals surface area contributed by atoms with Gasteiger partial charge in [-0.25, -0.2) is 0 Å². The summed E-state index contributed by atoms with van der Waals surface area (Å²) in [6.07, 6.45) is 6.93. The Morgan fingerprint density at radius 1 is 1.38 bits per heavy atom. The first-order chi connectivity index (χ1) is 14.1. The third-order valence-corrected chi connectivity index (χ3v) is 7.34. The Labute approximate surface area is 177 Å². The summed E-state index contributed by atoms with van der Waals surface area (Å²) in [4.78, 5) is 14.0. The van der Waals surface area contributed by atoms with Gasteiger partial charge >= 0.3 is 0 Å². The number of carbonyl (C=O) groups is 1. The zero-order valence-corrected chi connectivity index (χ0v) is 17.9. The van der Waals surface area contributed by atoms with E-state index in [2.05, 4.69) is 21.6 Å². The van der Waals surface area contributed by atoms with E-state index in [1.807, 2.05) is 20.0 Å². The summed E-state index contributed by atoms with van der Waals surface area (Å²) in [7, 11) is 1.84. The van der Waals surface area contributed by atoms with Crippen molar-refractivity contribution >= 4 is 34.0 Å². The molecule has 0 saturated heterocycles. The van der Waals surface area contributed by atoms with Gasteiger partial charge in [-0.15, -0.1) is 21.5 Å². The third kappa shape index (κ3) is 3.95. The molecule has 3 aromatic rings. The molecular weight excluding hydrogens is 406 g/mol. The lowest BCUT2D eigenvalue weighted by Crippen LogP contribution is -2.22. The second-order valence-electron chi connectivity index (χ2n) is 6.97. The number of thiophene rings is 1. The molecule has 0 aromatic carbocycles. The van der Waals surface area contributed by atoms with Crippen LogP contribution in [0, 0.1) is 11.3 Å². The first-order valence-electron chi connectivity index (χ1n) is 9.54. The number of hydrogen-bond donors (Lipinski definition) is 1. The monoisotopic (exact) mass is 427 g/mol. The molecule has 4 rings (SSSR count). The second kappa shape index (κ2) is 8.43. The zero-order valence-electron chi connectivity index (χ0n) is 16.3. The minimum atomic E-state index is -0.393. The number of amides is 1. The summed E-state index contributed by atoms with van der Waals surface area (Å²) in [5, 5.41) is 21.9. The van der Waals surface area contributed by atoms with E-state index in [0.29, 0.717) is 27.3 Å². The molecule has 1 aliphatic rings. The summed E-state index contributed by atoms with van der Waals surface area (Å²) >= 11 is 2.87. The summed E-state index contributed by atoms with van der Waals surface area (Å²) in [6.45, 7) is 1.83. The average Bonchev–Trinajstić information content (AvgIpc) is 3.39. The van der Waals surface area contributed by atoms with Crippen LogP contribution in [-0.2, 0) is 24.7 Å². The Balaban J connectivity index is 1.48. The maximum Gasteiger partial charge on any atom is 0.238 e. The molecule has 1 amide bonds. The first kappa shape index (κ1) is 19.7. The van der Waals surface area contributed by atoms with E-state index in [4.69, 9.17) is 4.42 Å². The molecule has 1 atom stereocenters. The molecule has 0 bridgehead atoms. The topological polar surface area (TPSA) is 96.7 Å². The van der Waals surface area contributed by atoms with Gasteiger partial charge in [-0.1, -0.05) is 18.2 Å². The van der Waals surface area contributed by atoms with Gasteiger partial charge in [-0.2, -0.15) is 5.26 Å². The molecule has 0 radical (unpaired) electrons. The first-order valence-corrected chi connectivity index (χ1v) is 11.2. The van der Waals surface area contributed by atoms with Gasteiger partial charge in [-0.3, -0.25) is 4.79 Å². The Morgan fingerprint density at radius 3 is 2.97 bits per heavy atom. The Kier molecular flexibility index (Phi) is 5.74. The van der Waals surface area contributed by atoms with Crippen LogP contribution in [-0.4, -0.2) is 25.9 Å². The van der Waals surface area contributed by atoms with Crippen LogP contribution < -0.4 is 5.32 Å². The van der Waals surface area contributed by atoms with Crippen molar-refractivity contribution in [2.75, 3.05) is 5.32 Å². The van der Waals surface area contributed by atoms with E-state index in [0.717, 1.165) is 31.2 Å². The van der Waals surface area contributed by atoms with Crippen molar-refractivity contribution in [1.82, 2.24) is 14.8 Å². The molecule has 1 N–H and O–H groups in total. The highest BCUT2D eigenvalue weighted by molar-refractivity contribution is 8.00. The fourth-order valence-corrected chi connectivity index (χ4v) is 5.47. The van der Waals surface area contributed by atoms with Crippen LogP contribution in [0.15, 0.2) is 28.0 Å². The van der Waals surface area contributed by atoms with Crippen molar-refractivity contribution < 1.29 is 9.21 Å². The number of thioether (sulfide) groups is 1. The summed E-state index contributed by atoms with van der Waals surface area (Å²) in [5.74, 6) is 1.09. The van der Waals surface area contributed by atoms with Crippen LogP contribution in [0.3, 0.4) is 0 Å². The third-order valence-electron chi connectivity index (χ3n) is 5.00. The van der Waals surface area contributed by atoms with Gasteiger partial charge in [0, 0.05) is 11.9 Å². The smallest absolute Gasteiger partial charge is 0.238 e. The Hall–Kier alpha value is -2.57. The van der Waals surface area contributed by atoms with Gasteiger partial charge in [0.05, 0.1) is 17.1 Å². The number of nitrogens with one attached hydrogen (secondary N) is 1. The molecule has 0 saturated carbocycles. The van der Waals surface area contributed by atoms with E-state index in [9.17, 15) is 10.1 Å². The molecule has 150 valence electrons. The fourth-order valence-electron chi connectivity index (χ4n) is 3.41. The molecular formula is C20H21N5O2S2. The van der Waals surface area contributed by atoms with Gasteiger partial charge in [-0.05, 0) is 50.3 Å². The maximum absolute atomic E-state index is 12.8. The molecule has 1 aliphatic carbocycles. The van der Waals surface area contributed by atoms with Crippen molar-refractivity contribution in [2.24, 2.45) is 7.05 Å². The molecule has 0 spiro atoms. The van der Waals surface area contributed by atoms with Crippen molar-refractivity contribution in [3.63, 3.8) is 0 Å². The number of anilines is 1. The summed E-state index contributed by atoms with van der Waals surface area (Å²) in [6, 6.07) is 5.92. The van der Waals surface area contributed by atoms with Gasteiger partial charge in [0.15, 0.2) is 16.7 Å².